The van der Waals surface area contributed by atoms with Gasteiger partial charge in [-0.2, -0.15) is 0 Å². The number of likely N-dealkylation sites (tertiary alicyclic amines) is 5. The average molecular weight is 1950 g/mol. The van der Waals surface area contributed by atoms with Gasteiger partial charge in [0.2, 0.25) is 0 Å². The van der Waals surface area contributed by atoms with Crippen LogP contribution in [0.2, 0.25) is 0 Å². The predicted octanol–water partition coefficient (Wildman–Crippen LogP) is 19.1. The molecule has 0 saturated carbocycles. The van der Waals surface area contributed by atoms with Crippen molar-refractivity contribution in [2.24, 2.45) is 17.2 Å². The third-order valence-corrected chi connectivity index (χ3v) is 29.8. The maximum absolute atomic E-state index is 12.7. The van der Waals surface area contributed by atoms with Crippen molar-refractivity contribution in [1.29, 1.82) is 0 Å². The molecule has 0 bridgehead atoms. The van der Waals surface area contributed by atoms with Crippen LogP contribution in [0.3, 0.4) is 0 Å². The lowest BCUT2D eigenvalue weighted by atomic mass is 9.87. The van der Waals surface area contributed by atoms with E-state index in [0.29, 0.717) is 29.6 Å². The number of alkyl carbamates (subject to hydrolysis) is 3. The van der Waals surface area contributed by atoms with Gasteiger partial charge in [-0.3, -0.25) is 24.3 Å². The Hall–Kier alpha value is -10.1. The molecule has 5 heterocycles. The molecule has 24 heteroatoms. The molecule has 0 aromatic heterocycles. The van der Waals surface area contributed by atoms with E-state index in [1.165, 1.54) is 197 Å². The summed E-state index contributed by atoms with van der Waals surface area (Å²) in [6, 6.07) is 45.7. The fourth-order valence-corrected chi connectivity index (χ4v) is 22.1. The first-order chi connectivity index (χ1) is 68.0. The van der Waals surface area contributed by atoms with Crippen LogP contribution in [-0.2, 0) is 124 Å². The van der Waals surface area contributed by atoms with Crippen molar-refractivity contribution in [1.82, 2.24) is 45.8 Å². The topological polar surface area (TPSA) is 330 Å². The number of nitrogens with one attached hydrogen (secondary N) is 4. The Kier molecular flexibility index (Phi) is 40.5. The van der Waals surface area contributed by atoms with Crippen LogP contribution < -0.4 is 38.5 Å². The van der Waals surface area contributed by atoms with E-state index >= 15 is 0 Å². The standard InChI is InChI=1S/C21H30N2O3.C21H32N2O2.C17H26N2.C16H22N2O.C16H24N2.C16H21NO4.C11H13NO2/c1-21(2,3)26-20(25)22-18-10-9-15-13-17(8-7-16(15)14-18)19(24)23-11-5-4-6-12-23;1-21(2,3)25-20(24)22-19-10-9-17-13-16(7-8-18(17)14-19)15-23-11-5-4-6-12-23;1-18-17-8-7-15-11-14(5-6-16(15)12-17)13-19-9-3-2-4-10-19;17-15-7-6-12-10-14(5-4-13(12)11-15)16(19)18-8-2-1-3-9-18;17-16-7-6-14-10-13(4-5-15(14)11-16)12-18-8-2-1-3-9-18;1-16(2,3)21-15(20)17-13-7-6-10-8-12(14(18)19)5-4-11(10)9-13;12-10-4-3-7-5-9(11(13)14)2-1-8(7)6-10/h7-8,13,18H,4-6,9-12,14H2,1-3H3,(H,22,25);7-8,13,19H,4-6,9-12,14-15H2,1-3H3,(H,22,24);5-6,11,17-18H,2-4,7-10,12-13H2,1H3;4-5,10,15H,1-3,6-9,11,17H2;4-5,10,16H,1-3,6-9,11-12,17H2;4-5,8,13H,6-7,9H2,1-3H3,(H,17,20)(H,18,19);1-2,5,10H,3-4,6,12H2,(H,13,14). The number of carboxylic acid groups (broad SMARTS) is 2. The molecule has 7 atom stereocenters. The number of amides is 5. The van der Waals surface area contributed by atoms with E-state index < -0.39 is 34.8 Å². The highest BCUT2D eigenvalue weighted by Crippen LogP contribution is 2.33. The zero-order valence-corrected chi connectivity index (χ0v) is 87.3. The molecule has 5 fully saturated rings. The summed E-state index contributed by atoms with van der Waals surface area (Å²) in [6.07, 6.45) is 38.9. The first-order valence-electron chi connectivity index (χ1n) is 54.0. The van der Waals surface area contributed by atoms with E-state index in [1.807, 2.05) is 96.4 Å². The maximum atomic E-state index is 12.7. The third kappa shape index (κ3) is 34.9. The lowest BCUT2D eigenvalue weighted by Crippen LogP contribution is -2.42. The number of hydrogen-bond donors (Lipinski definition) is 9. The molecule has 24 nitrogen and oxygen atoms in total. The molecule has 12 aliphatic rings. The normalized spacial score (nSPS) is 21.6. The van der Waals surface area contributed by atoms with Crippen molar-refractivity contribution in [2.75, 3.05) is 72.5 Å². The minimum Gasteiger partial charge on any atom is -0.478 e. The number of carboxylic acids is 2. The fourth-order valence-electron chi connectivity index (χ4n) is 22.1. The van der Waals surface area contributed by atoms with Crippen LogP contribution in [0, 0.1) is 0 Å². The number of likely N-dealkylation sites (N-methyl/N-ethyl adjacent to an activating group) is 1. The molecule has 7 aromatic carbocycles. The second-order valence-corrected chi connectivity index (χ2v) is 45.1. The van der Waals surface area contributed by atoms with Gasteiger partial charge in [0.15, 0.2) is 0 Å². The Labute approximate surface area is 847 Å². The Bertz CT molecular complexity index is 5330. The molecule has 12 N–H and O–H groups in total. The first kappa shape index (κ1) is 109. The van der Waals surface area contributed by atoms with E-state index in [2.05, 4.69) is 122 Å². The molecule has 5 aliphatic heterocycles. The minimum atomic E-state index is -0.910. The van der Waals surface area contributed by atoms with E-state index in [0.717, 1.165) is 202 Å². The van der Waals surface area contributed by atoms with Crippen molar-refractivity contribution < 1.29 is 58.0 Å². The number of fused-ring (bicyclic) bond motifs is 7. The van der Waals surface area contributed by atoms with Crippen molar-refractivity contribution in [3.63, 3.8) is 0 Å². The highest BCUT2D eigenvalue weighted by atomic mass is 16.6. The molecular formula is C118H168N12O12. The summed E-state index contributed by atoms with van der Waals surface area (Å²) in [7, 11) is 2.08. The van der Waals surface area contributed by atoms with Gasteiger partial charge in [0.1, 0.15) is 16.8 Å². The number of aromatic carboxylic acids is 2. The molecule has 5 amide bonds. The number of carbonyl (C=O) groups excluding carboxylic acids is 5. The number of nitrogens with two attached hydrogens (primary N) is 3. The zero-order valence-electron chi connectivity index (χ0n) is 87.3. The molecule has 19 rings (SSSR count). The van der Waals surface area contributed by atoms with Gasteiger partial charge in [0.25, 0.3) is 11.8 Å². The summed E-state index contributed by atoms with van der Waals surface area (Å²) in [5.41, 5.74) is 41.8. The van der Waals surface area contributed by atoms with Crippen LogP contribution >= 0.6 is 0 Å². The molecule has 0 radical (unpaired) electrons. The van der Waals surface area contributed by atoms with Crippen LogP contribution in [0.25, 0.3) is 0 Å². The Morgan fingerprint density at radius 2 is 0.514 bits per heavy atom. The second-order valence-electron chi connectivity index (χ2n) is 45.1. The van der Waals surface area contributed by atoms with Crippen LogP contribution in [0.1, 0.15) is 340 Å². The Balaban J connectivity index is 0.000000140. The molecule has 142 heavy (non-hydrogen) atoms. The summed E-state index contributed by atoms with van der Waals surface area (Å²) >= 11 is 0. The summed E-state index contributed by atoms with van der Waals surface area (Å²) in [5, 5.41) is 30.1. The van der Waals surface area contributed by atoms with Crippen LogP contribution in [0.15, 0.2) is 127 Å². The molecule has 5 saturated heterocycles. The number of hydrogen-bond acceptors (Lipinski definition) is 17. The van der Waals surface area contributed by atoms with Crippen molar-refractivity contribution in [3.05, 3.63) is 244 Å². The van der Waals surface area contributed by atoms with E-state index in [4.69, 9.17) is 41.6 Å². The quantitative estimate of drug-likeness (QED) is 0.0457. The highest BCUT2D eigenvalue weighted by molar-refractivity contribution is 5.95. The maximum Gasteiger partial charge on any atom is 0.407 e. The monoisotopic (exact) mass is 1950 g/mol. The molecule has 7 aromatic rings. The number of aryl methyl sites for hydroxylation is 7. The largest absolute Gasteiger partial charge is 0.478 e. The summed E-state index contributed by atoms with van der Waals surface area (Å²) in [6.45, 7) is 31.3. The number of piperidine rings is 5. The minimum absolute atomic E-state index is 0.0306. The SMILES string of the molecule is CC(C)(C)OC(=O)NC1CCc2cc(C(=O)N3CCCCC3)ccc2C1.CC(C)(C)OC(=O)NC1CCc2cc(C(=O)O)ccc2C1.CC(C)(C)OC(=O)NC1CCc2cc(CN3CCCCC3)ccc2C1.CNC1CCc2cc(CN3CCCCC3)ccc2C1.NC1CCc2cc(C(=O)N3CCCCC3)ccc2C1.NC1CCc2cc(C(=O)O)ccc2C1.NC1CCc2cc(CN3CCCCC3)ccc2C1. The summed E-state index contributed by atoms with van der Waals surface area (Å²) in [5.74, 6) is -1.41. The molecule has 7 unspecified atom stereocenters. The van der Waals surface area contributed by atoms with E-state index in [1.54, 1.807) is 41.0 Å². The number of benzene rings is 7. The van der Waals surface area contributed by atoms with Gasteiger partial charge >= 0.3 is 30.2 Å². The molecule has 772 valence electrons. The van der Waals surface area contributed by atoms with Crippen molar-refractivity contribution >= 4 is 42.0 Å². The third-order valence-electron chi connectivity index (χ3n) is 29.8. The number of rotatable bonds is 14. The number of carbonyl (C=O) groups is 7. The predicted molar refractivity (Wildman–Crippen MR) is 566 cm³/mol. The van der Waals surface area contributed by atoms with Gasteiger partial charge in [0, 0.05) is 99.2 Å². The van der Waals surface area contributed by atoms with Gasteiger partial charge in [-0.1, -0.05) is 98.1 Å². The van der Waals surface area contributed by atoms with Crippen LogP contribution in [0.5, 0.6) is 0 Å². The summed E-state index contributed by atoms with van der Waals surface area (Å²) in [4.78, 5) is 94.3. The van der Waals surface area contributed by atoms with Crippen LogP contribution in [0.4, 0.5) is 14.4 Å². The summed E-state index contributed by atoms with van der Waals surface area (Å²) < 4.78 is 16.0. The van der Waals surface area contributed by atoms with Gasteiger partial charge in [-0.15, -0.1) is 0 Å². The lowest BCUT2D eigenvalue weighted by molar-refractivity contribution is 0.0488. The number of nitrogens with zero attached hydrogens (tertiary/aromatic N) is 5. The van der Waals surface area contributed by atoms with E-state index in [9.17, 15) is 33.6 Å². The lowest BCUT2D eigenvalue weighted by Gasteiger charge is -2.29. The van der Waals surface area contributed by atoms with Gasteiger partial charge in [-0.25, -0.2) is 24.0 Å². The first-order valence-corrected chi connectivity index (χ1v) is 54.0. The highest BCUT2D eigenvalue weighted by Gasteiger charge is 2.32. The van der Waals surface area contributed by atoms with Crippen LogP contribution in [-0.4, -0.2) is 208 Å². The second kappa shape index (κ2) is 52.6. The smallest absolute Gasteiger partial charge is 0.407 e. The van der Waals surface area contributed by atoms with Gasteiger partial charge in [0.05, 0.1) is 11.1 Å². The van der Waals surface area contributed by atoms with Gasteiger partial charge < -0.3 is 72.7 Å². The number of ether oxygens (including phenoxy) is 3. The molecule has 7 aliphatic carbocycles. The Morgan fingerprint density at radius 1 is 0.289 bits per heavy atom. The fraction of sp³-hybridized carbons (Fsp3) is 0.585. The Morgan fingerprint density at radius 3 is 0.782 bits per heavy atom. The molecule has 0 spiro atoms. The average Bonchev–Trinajstić information content (AvgIpc) is 0.832. The molecular weight excluding hydrogens is 1780 g/mol. The zero-order chi connectivity index (χ0) is 101. The van der Waals surface area contributed by atoms with Crippen molar-refractivity contribution in [2.45, 2.75) is 372 Å². The van der Waals surface area contributed by atoms with Gasteiger partial charge in [-0.05, 0) is 464 Å². The van der Waals surface area contributed by atoms with Crippen molar-refractivity contribution in [3.8, 4) is 0 Å². The van der Waals surface area contributed by atoms with E-state index in [-0.39, 0.29) is 54.2 Å².